The standard InChI is InChI=1S/C6H3BrIN3/c7-4-2-1-3-11-5(4)9-6(8)10-11/h1-3H. The van der Waals surface area contributed by atoms with Crippen molar-refractivity contribution in [3.05, 3.63) is 26.6 Å². The Bertz CT molecular complexity index is 398. The highest BCUT2D eigenvalue weighted by Crippen LogP contribution is 2.15. The Morgan fingerprint density at radius 2 is 2.36 bits per heavy atom. The Labute approximate surface area is 85.1 Å². The summed E-state index contributed by atoms with van der Waals surface area (Å²) in [6, 6.07) is 3.86. The van der Waals surface area contributed by atoms with E-state index < -0.39 is 0 Å². The number of nitrogens with zero attached hydrogens (tertiary/aromatic N) is 3. The quantitative estimate of drug-likeness (QED) is 0.695. The van der Waals surface area contributed by atoms with Gasteiger partial charge < -0.3 is 0 Å². The molecule has 0 N–H and O–H groups in total. The third kappa shape index (κ3) is 1.26. The fourth-order valence-corrected chi connectivity index (χ4v) is 1.73. The van der Waals surface area contributed by atoms with E-state index in [1.54, 1.807) is 4.52 Å². The lowest BCUT2D eigenvalue weighted by molar-refractivity contribution is 0.942. The summed E-state index contributed by atoms with van der Waals surface area (Å²) in [5.41, 5.74) is 0.858. The van der Waals surface area contributed by atoms with Gasteiger partial charge in [-0.25, -0.2) is 9.50 Å². The number of pyridine rings is 1. The minimum absolute atomic E-state index is 0.759. The Morgan fingerprint density at radius 3 is 3.09 bits per heavy atom. The lowest BCUT2D eigenvalue weighted by Crippen LogP contribution is -1.85. The van der Waals surface area contributed by atoms with Gasteiger partial charge in [0.25, 0.3) is 0 Å². The van der Waals surface area contributed by atoms with E-state index in [9.17, 15) is 0 Å². The summed E-state index contributed by atoms with van der Waals surface area (Å²) in [5.74, 6) is 0. The van der Waals surface area contributed by atoms with Crippen LogP contribution in [0.1, 0.15) is 0 Å². The Hall–Kier alpha value is -0.170. The van der Waals surface area contributed by atoms with Crippen molar-refractivity contribution in [1.82, 2.24) is 14.6 Å². The number of hydrogen-bond acceptors (Lipinski definition) is 2. The molecule has 0 radical (unpaired) electrons. The first-order chi connectivity index (χ1) is 5.27. The van der Waals surface area contributed by atoms with Crippen LogP contribution >= 0.6 is 38.5 Å². The normalized spacial score (nSPS) is 10.7. The highest BCUT2D eigenvalue weighted by Gasteiger charge is 2.01. The average Bonchev–Trinajstić information content (AvgIpc) is 2.31. The van der Waals surface area contributed by atoms with E-state index in [4.69, 9.17) is 0 Å². The minimum Gasteiger partial charge on any atom is -0.219 e. The molecule has 5 heteroatoms. The van der Waals surface area contributed by atoms with Crippen LogP contribution in [-0.2, 0) is 0 Å². The predicted octanol–water partition coefficient (Wildman–Crippen LogP) is 2.10. The zero-order valence-corrected chi connectivity index (χ0v) is 9.07. The Kier molecular flexibility index (Phi) is 1.84. The van der Waals surface area contributed by atoms with Crippen LogP contribution in [0.4, 0.5) is 0 Å². The van der Waals surface area contributed by atoms with Crippen LogP contribution in [0.25, 0.3) is 5.65 Å². The van der Waals surface area contributed by atoms with Crippen molar-refractivity contribution in [2.75, 3.05) is 0 Å². The van der Waals surface area contributed by atoms with Crippen molar-refractivity contribution < 1.29 is 0 Å². The van der Waals surface area contributed by atoms with Crippen LogP contribution in [0.5, 0.6) is 0 Å². The first-order valence-electron chi connectivity index (χ1n) is 2.94. The summed E-state index contributed by atoms with van der Waals surface area (Å²) < 4.78 is 3.47. The van der Waals surface area contributed by atoms with Crippen molar-refractivity contribution in [2.45, 2.75) is 0 Å². The largest absolute Gasteiger partial charge is 0.219 e. The molecule has 11 heavy (non-hydrogen) atoms. The van der Waals surface area contributed by atoms with E-state index in [1.165, 1.54) is 0 Å². The van der Waals surface area contributed by atoms with Gasteiger partial charge in [-0.05, 0) is 28.1 Å². The summed E-state index contributed by atoms with van der Waals surface area (Å²) in [5, 5.41) is 4.14. The van der Waals surface area contributed by atoms with E-state index in [1.807, 2.05) is 18.3 Å². The first kappa shape index (κ1) is 7.48. The summed E-state index contributed by atoms with van der Waals surface area (Å²) >= 11 is 5.47. The molecule has 0 atom stereocenters. The maximum atomic E-state index is 4.20. The van der Waals surface area contributed by atoms with Crippen LogP contribution in [0.3, 0.4) is 0 Å². The number of aromatic nitrogens is 3. The maximum absolute atomic E-state index is 4.20. The van der Waals surface area contributed by atoms with Crippen molar-refractivity contribution in [3.8, 4) is 0 Å². The molecule has 0 aromatic carbocycles. The van der Waals surface area contributed by atoms with Crippen LogP contribution in [0.15, 0.2) is 22.8 Å². The van der Waals surface area contributed by atoms with Gasteiger partial charge in [-0.15, -0.1) is 5.10 Å². The molecular formula is C6H3BrIN3. The van der Waals surface area contributed by atoms with E-state index >= 15 is 0 Å². The number of hydrogen-bond donors (Lipinski definition) is 0. The van der Waals surface area contributed by atoms with Gasteiger partial charge >= 0.3 is 0 Å². The smallest absolute Gasteiger partial charge is 0.212 e. The number of rotatable bonds is 0. The summed E-state index contributed by atoms with van der Waals surface area (Å²) in [7, 11) is 0. The number of fused-ring (bicyclic) bond motifs is 1. The molecule has 0 saturated heterocycles. The Morgan fingerprint density at radius 1 is 1.55 bits per heavy atom. The average molecular weight is 324 g/mol. The van der Waals surface area contributed by atoms with E-state index in [0.717, 1.165) is 14.0 Å². The molecule has 0 aliphatic heterocycles. The minimum atomic E-state index is 0.759. The topological polar surface area (TPSA) is 30.2 Å². The lowest BCUT2D eigenvalue weighted by atomic mass is 10.5. The second-order valence-electron chi connectivity index (χ2n) is 2.01. The van der Waals surface area contributed by atoms with Gasteiger partial charge in [-0.3, -0.25) is 0 Å². The van der Waals surface area contributed by atoms with E-state index in [0.29, 0.717) is 0 Å². The molecule has 2 aromatic heterocycles. The predicted molar refractivity (Wildman–Crippen MR) is 53.4 cm³/mol. The van der Waals surface area contributed by atoms with Gasteiger partial charge in [0, 0.05) is 28.8 Å². The molecule has 0 amide bonds. The molecule has 0 unspecified atom stereocenters. The zero-order chi connectivity index (χ0) is 7.84. The van der Waals surface area contributed by atoms with E-state index in [2.05, 4.69) is 48.6 Å². The zero-order valence-electron chi connectivity index (χ0n) is 5.33. The van der Waals surface area contributed by atoms with Crippen LogP contribution in [0, 0.1) is 3.83 Å². The van der Waals surface area contributed by atoms with Crippen LogP contribution in [-0.4, -0.2) is 14.6 Å². The third-order valence-corrected chi connectivity index (χ3v) is 2.36. The molecule has 0 fully saturated rings. The molecule has 0 bridgehead atoms. The maximum Gasteiger partial charge on any atom is 0.212 e. The molecule has 2 aromatic rings. The first-order valence-corrected chi connectivity index (χ1v) is 4.81. The molecule has 0 saturated carbocycles. The van der Waals surface area contributed by atoms with E-state index in [-0.39, 0.29) is 0 Å². The van der Waals surface area contributed by atoms with Crippen molar-refractivity contribution >= 4 is 44.2 Å². The Balaban J connectivity index is 2.90. The van der Waals surface area contributed by atoms with Crippen molar-refractivity contribution in [3.63, 3.8) is 0 Å². The highest BCUT2D eigenvalue weighted by molar-refractivity contribution is 14.1. The molecule has 0 spiro atoms. The molecule has 0 aliphatic carbocycles. The molecule has 3 nitrogen and oxygen atoms in total. The second-order valence-corrected chi connectivity index (χ2v) is 3.82. The molecule has 0 aliphatic rings. The van der Waals surface area contributed by atoms with Gasteiger partial charge in [-0.2, -0.15) is 0 Å². The van der Waals surface area contributed by atoms with Crippen molar-refractivity contribution in [1.29, 1.82) is 0 Å². The molecule has 56 valence electrons. The lowest BCUT2D eigenvalue weighted by Gasteiger charge is -1.90. The fraction of sp³-hybridized carbons (Fsp3) is 0. The second kappa shape index (κ2) is 2.71. The van der Waals surface area contributed by atoms with Gasteiger partial charge in [0.15, 0.2) is 5.65 Å². The van der Waals surface area contributed by atoms with Crippen LogP contribution < -0.4 is 0 Å². The molecule has 2 heterocycles. The van der Waals surface area contributed by atoms with Crippen LogP contribution in [0.2, 0.25) is 0 Å². The summed E-state index contributed by atoms with van der Waals surface area (Å²) in [4.78, 5) is 4.20. The summed E-state index contributed by atoms with van der Waals surface area (Å²) in [6.45, 7) is 0. The fourth-order valence-electron chi connectivity index (χ4n) is 0.848. The summed E-state index contributed by atoms with van der Waals surface area (Å²) in [6.07, 6.45) is 1.87. The van der Waals surface area contributed by atoms with Gasteiger partial charge in [0.2, 0.25) is 3.83 Å². The monoisotopic (exact) mass is 323 g/mol. The highest BCUT2D eigenvalue weighted by atomic mass is 127. The van der Waals surface area contributed by atoms with Gasteiger partial charge in [0.1, 0.15) is 0 Å². The SMILES string of the molecule is Brc1cccn2nc(I)nc12. The van der Waals surface area contributed by atoms with Gasteiger partial charge in [0.05, 0.1) is 4.47 Å². The van der Waals surface area contributed by atoms with Crippen molar-refractivity contribution in [2.24, 2.45) is 0 Å². The number of halogens is 2. The third-order valence-electron chi connectivity index (χ3n) is 1.29. The molecule has 2 rings (SSSR count). The van der Waals surface area contributed by atoms with Gasteiger partial charge in [-0.1, -0.05) is 0 Å². The molecular weight excluding hydrogens is 321 g/mol.